The zero-order valence-corrected chi connectivity index (χ0v) is 10.6. The van der Waals surface area contributed by atoms with Crippen molar-refractivity contribution < 1.29 is 9.90 Å². The fourth-order valence-corrected chi connectivity index (χ4v) is 2.35. The van der Waals surface area contributed by atoms with E-state index in [1.54, 1.807) is 11.4 Å². The van der Waals surface area contributed by atoms with E-state index in [1.165, 1.54) is 15.9 Å². The maximum atomic E-state index is 11.6. The molecule has 0 aliphatic heterocycles. The Morgan fingerprint density at radius 2 is 2.22 bits per heavy atom. The number of aromatic nitrogens is 2. The molecule has 0 saturated carbocycles. The van der Waals surface area contributed by atoms with Gasteiger partial charge in [0.2, 0.25) is 0 Å². The van der Waals surface area contributed by atoms with Gasteiger partial charge in [-0.25, -0.2) is 4.79 Å². The molecule has 2 heterocycles. The SMILES string of the molecule is Cl.N[C@@H](Cn1c(=O)[nH]c(=O)c2ccsc21)C(=O)O. The molecule has 7 nitrogen and oxygen atoms in total. The molecule has 98 valence electrons. The minimum atomic E-state index is -1.20. The largest absolute Gasteiger partial charge is 0.480 e. The monoisotopic (exact) mass is 291 g/mol. The number of aromatic amines is 1. The number of fused-ring (bicyclic) bond motifs is 1. The van der Waals surface area contributed by atoms with E-state index in [1.807, 2.05) is 0 Å². The average Bonchev–Trinajstić information content (AvgIpc) is 2.72. The van der Waals surface area contributed by atoms with Gasteiger partial charge in [0.25, 0.3) is 5.56 Å². The van der Waals surface area contributed by atoms with Crippen molar-refractivity contribution in [1.29, 1.82) is 0 Å². The van der Waals surface area contributed by atoms with E-state index in [2.05, 4.69) is 4.98 Å². The summed E-state index contributed by atoms with van der Waals surface area (Å²) in [5, 5.41) is 10.7. The van der Waals surface area contributed by atoms with Crippen LogP contribution in [-0.2, 0) is 11.3 Å². The molecule has 0 amide bonds. The molecule has 2 aromatic heterocycles. The summed E-state index contributed by atoms with van der Waals surface area (Å²) in [6, 6.07) is 0.380. The number of H-pyrrole nitrogens is 1. The second kappa shape index (κ2) is 5.34. The van der Waals surface area contributed by atoms with Crippen molar-refractivity contribution in [3.63, 3.8) is 0 Å². The minimum Gasteiger partial charge on any atom is -0.480 e. The molecule has 0 saturated heterocycles. The van der Waals surface area contributed by atoms with Crippen molar-refractivity contribution in [2.24, 2.45) is 5.73 Å². The number of nitrogens with two attached hydrogens (primary N) is 1. The fourth-order valence-electron chi connectivity index (χ4n) is 1.45. The van der Waals surface area contributed by atoms with Crippen molar-refractivity contribution in [3.8, 4) is 0 Å². The van der Waals surface area contributed by atoms with Crippen molar-refractivity contribution in [2.45, 2.75) is 12.6 Å². The van der Waals surface area contributed by atoms with Crippen LogP contribution in [0.4, 0.5) is 0 Å². The van der Waals surface area contributed by atoms with Gasteiger partial charge in [-0.3, -0.25) is 19.1 Å². The zero-order chi connectivity index (χ0) is 12.6. The minimum absolute atomic E-state index is 0. The van der Waals surface area contributed by atoms with Gasteiger partial charge >= 0.3 is 11.7 Å². The van der Waals surface area contributed by atoms with Crippen LogP contribution in [0.25, 0.3) is 10.2 Å². The second-order valence-electron chi connectivity index (χ2n) is 3.45. The topological polar surface area (TPSA) is 118 Å². The lowest BCUT2D eigenvalue weighted by Crippen LogP contribution is -2.40. The molecule has 18 heavy (non-hydrogen) atoms. The lowest BCUT2D eigenvalue weighted by atomic mass is 10.3. The molecule has 9 heteroatoms. The number of carbonyl (C=O) groups is 1. The molecule has 0 unspecified atom stereocenters. The second-order valence-corrected chi connectivity index (χ2v) is 4.35. The quantitative estimate of drug-likeness (QED) is 0.710. The number of rotatable bonds is 3. The summed E-state index contributed by atoms with van der Waals surface area (Å²) < 4.78 is 1.17. The summed E-state index contributed by atoms with van der Waals surface area (Å²) in [6.07, 6.45) is 0. The summed E-state index contributed by atoms with van der Waals surface area (Å²) in [6.45, 7) is -0.179. The number of halogens is 1. The summed E-state index contributed by atoms with van der Waals surface area (Å²) in [5.74, 6) is -1.20. The Balaban J connectivity index is 0.00000162. The first-order valence-electron chi connectivity index (χ1n) is 4.69. The Labute approximate surface area is 110 Å². The molecule has 0 fully saturated rings. The third-order valence-electron chi connectivity index (χ3n) is 2.30. The fraction of sp³-hybridized carbons (Fsp3) is 0.222. The van der Waals surface area contributed by atoms with Gasteiger partial charge in [-0.2, -0.15) is 0 Å². The molecule has 0 bridgehead atoms. The lowest BCUT2D eigenvalue weighted by molar-refractivity contribution is -0.138. The molecule has 0 aromatic carbocycles. The predicted molar refractivity (Wildman–Crippen MR) is 69.6 cm³/mol. The lowest BCUT2D eigenvalue weighted by Gasteiger charge is -2.09. The Morgan fingerprint density at radius 1 is 1.56 bits per heavy atom. The number of hydrogen-bond donors (Lipinski definition) is 3. The molecule has 0 spiro atoms. The number of thiophene rings is 1. The molecule has 4 N–H and O–H groups in total. The van der Waals surface area contributed by atoms with Gasteiger partial charge in [0.1, 0.15) is 10.9 Å². The standard InChI is InChI=1S/C9H9N3O4S.ClH/c10-5(8(14)15)3-12-7-4(1-2-17-7)6(13)11-9(12)16;/h1-2,5H,3,10H2,(H,14,15)(H,11,13,16);1H/t5-;/m0./s1. The van der Waals surface area contributed by atoms with Gasteiger partial charge in [-0.05, 0) is 11.4 Å². The Kier molecular flexibility index (Phi) is 4.28. The van der Waals surface area contributed by atoms with Crippen LogP contribution in [0, 0.1) is 0 Å². The van der Waals surface area contributed by atoms with E-state index in [0.29, 0.717) is 10.2 Å². The smallest absolute Gasteiger partial charge is 0.329 e. The number of hydrogen-bond acceptors (Lipinski definition) is 5. The highest BCUT2D eigenvalue weighted by molar-refractivity contribution is 7.16. The summed E-state index contributed by atoms with van der Waals surface area (Å²) in [4.78, 5) is 36.2. The Morgan fingerprint density at radius 3 is 2.83 bits per heavy atom. The third kappa shape index (κ3) is 2.45. The predicted octanol–water partition coefficient (Wildman–Crippen LogP) is -0.415. The van der Waals surface area contributed by atoms with E-state index < -0.39 is 23.3 Å². The van der Waals surface area contributed by atoms with Crippen LogP contribution in [0.2, 0.25) is 0 Å². The normalized spacial score (nSPS) is 12.1. The number of carboxylic acids is 1. The van der Waals surface area contributed by atoms with E-state index in [-0.39, 0.29) is 19.0 Å². The molecule has 1 atom stereocenters. The highest BCUT2D eigenvalue weighted by Crippen LogP contribution is 2.15. The molecule has 0 aliphatic carbocycles. The average molecular weight is 292 g/mol. The molecular formula is C9H10ClN3O4S. The van der Waals surface area contributed by atoms with Crippen molar-refractivity contribution in [2.75, 3.05) is 0 Å². The van der Waals surface area contributed by atoms with Crippen LogP contribution in [0.5, 0.6) is 0 Å². The van der Waals surface area contributed by atoms with Crippen molar-refractivity contribution >= 4 is 39.9 Å². The van der Waals surface area contributed by atoms with Crippen molar-refractivity contribution in [3.05, 3.63) is 32.3 Å². The third-order valence-corrected chi connectivity index (χ3v) is 3.23. The zero-order valence-electron chi connectivity index (χ0n) is 8.95. The molecule has 2 aromatic rings. The maximum Gasteiger partial charge on any atom is 0.329 e. The molecule has 0 aliphatic rings. The van der Waals surface area contributed by atoms with Gasteiger partial charge in [0, 0.05) is 0 Å². The Hall–Kier alpha value is -1.64. The summed E-state index contributed by atoms with van der Waals surface area (Å²) in [5.41, 5.74) is 4.24. The van der Waals surface area contributed by atoms with Crippen LogP contribution >= 0.6 is 23.7 Å². The number of nitrogens with zero attached hydrogens (tertiary/aromatic N) is 1. The van der Waals surface area contributed by atoms with Crippen LogP contribution < -0.4 is 17.0 Å². The first kappa shape index (κ1) is 14.4. The van der Waals surface area contributed by atoms with Gasteiger partial charge in [-0.1, -0.05) is 0 Å². The highest BCUT2D eigenvalue weighted by atomic mass is 35.5. The van der Waals surface area contributed by atoms with Gasteiger partial charge in [0.05, 0.1) is 11.9 Å². The van der Waals surface area contributed by atoms with Crippen LogP contribution in [0.1, 0.15) is 0 Å². The first-order chi connectivity index (χ1) is 8.00. The summed E-state index contributed by atoms with van der Waals surface area (Å²) in [7, 11) is 0. The van der Waals surface area contributed by atoms with E-state index in [0.717, 1.165) is 0 Å². The van der Waals surface area contributed by atoms with Crippen LogP contribution in [0.3, 0.4) is 0 Å². The van der Waals surface area contributed by atoms with Crippen molar-refractivity contribution in [1.82, 2.24) is 9.55 Å². The van der Waals surface area contributed by atoms with Gasteiger partial charge < -0.3 is 10.8 Å². The highest BCUT2D eigenvalue weighted by Gasteiger charge is 2.16. The van der Waals surface area contributed by atoms with Gasteiger partial charge in [0.15, 0.2) is 0 Å². The van der Waals surface area contributed by atoms with E-state index in [9.17, 15) is 14.4 Å². The molecule has 2 rings (SSSR count). The number of nitrogens with one attached hydrogen (secondary N) is 1. The van der Waals surface area contributed by atoms with Crippen LogP contribution in [0.15, 0.2) is 21.0 Å². The van der Waals surface area contributed by atoms with Crippen LogP contribution in [-0.4, -0.2) is 26.7 Å². The van der Waals surface area contributed by atoms with Gasteiger partial charge in [-0.15, -0.1) is 23.7 Å². The summed E-state index contributed by atoms with van der Waals surface area (Å²) >= 11 is 1.19. The van der Waals surface area contributed by atoms with E-state index in [4.69, 9.17) is 10.8 Å². The maximum absolute atomic E-state index is 11.6. The molecular weight excluding hydrogens is 282 g/mol. The number of carboxylic acid groups (broad SMARTS) is 1. The molecule has 0 radical (unpaired) electrons. The Bertz CT molecular complexity index is 689. The number of aliphatic carboxylic acids is 1. The van der Waals surface area contributed by atoms with E-state index >= 15 is 0 Å². The first-order valence-corrected chi connectivity index (χ1v) is 5.57.